The highest BCUT2D eigenvalue weighted by Crippen LogP contribution is 2.12. The Hall–Kier alpha value is -3.49. The van der Waals surface area contributed by atoms with Gasteiger partial charge in [0.2, 0.25) is 0 Å². The second-order valence-corrected chi connectivity index (χ2v) is 5.29. The van der Waals surface area contributed by atoms with Crippen molar-refractivity contribution in [1.29, 1.82) is 0 Å². The van der Waals surface area contributed by atoms with Crippen LogP contribution in [0.2, 0.25) is 0 Å². The number of nitrogens with one attached hydrogen (secondary N) is 1. The number of carbonyl (C=O) groups is 2. The lowest BCUT2D eigenvalue weighted by atomic mass is 10.2. The monoisotopic (exact) mass is 343 g/mol. The number of nitrogens with zero attached hydrogens (tertiary/aromatic N) is 4. The first kappa shape index (κ1) is 16.4. The predicted octanol–water partition coefficient (Wildman–Crippen LogP) is 1.60. The molecule has 1 aromatic carbocycles. The number of carbonyl (C=O) groups excluding carboxylic acids is 1. The summed E-state index contributed by atoms with van der Waals surface area (Å²) in [7, 11) is 0. The Morgan fingerprint density at radius 2 is 1.88 bits per heavy atom. The lowest BCUT2D eigenvalue weighted by molar-refractivity contribution is -0.137. The van der Waals surface area contributed by atoms with Crippen molar-refractivity contribution < 1.29 is 19.1 Å². The van der Waals surface area contributed by atoms with Gasteiger partial charge in [-0.1, -0.05) is 18.2 Å². The highest BCUT2D eigenvalue weighted by Gasteiger charge is 2.12. The topological polar surface area (TPSA) is 102 Å². The third-order valence-corrected chi connectivity index (χ3v) is 3.37. The van der Waals surface area contributed by atoms with Gasteiger partial charge in [0.05, 0.1) is 30.2 Å². The molecule has 128 valence electrons. The van der Waals surface area contributed by atoms with E-state index in [2.05, 4.69) is 15.5 Å². The number of carboxylic acid groups (broad SMARTS) is 1. The standard InChI is InChI=1S/C16H14FN5O3/c17-14-4-2-1-3-11(14)7-21-9-13(6-19-21)20-16(25)12-5-18-22(8-12)10-15(23)24/h1-6,8-9H,7,10H2,(H,20,25)(H,23,24). The Morgan fingerprint density at radius 3 is 2.64 bits per heavy atom. The Kier molecular flexibility index (Phi) is 4.55. The fraction of sp³-hybridized carbons (Fsp3) is 0.125. The summed E-state index contributed by atoms with van der Waals surface area (Å²) >= 11 is 0. The van der Waals surface area contributed by atoms with Gasteiger partial charge in [-0.2, -0.15) is 10.2 Å². The minimum Gasteiger partial charge on any atom is -0.480 e. The molecule has 0 radical (unpaired) electrons. The van der Waals surface area contributed by atoms with Gasteiger partial charge >= 0.3 is 5.97 Å². The van der Waals surface area contributed by atoms with Crippen molar-refractivity contribution in [2.24, 2.45) is 0 Å². The summed E-state index contributed by atoms with van der Waals surface area (Å²) in [4.78, 5) is 22.7. The van der Waals surface area contributed by atoms with Gasteiger partial charge in [0.1, 0.15) is 12.4 Å². The maximum absolute atomic E-state index is 13.6. The second kappa shape index (κ2) is 6.95. The van der Waals surface area contributed by atoms with E-state index in [1.54, 1.807) is 24.4 Å². The van der Waals surface area contributed by atoms with Gasteiger partial charge in [-0.05, 0) is 6.07 Å². The molecule has 0 saturated heterocycles. The molecule has 0 aliphatic carbocycles. The molecule has 0 aliphatic rings. The number of aromatic nitrogens is 4. The largest absolute Gasteiger partial charge is 0.480 e. The smallest absolute Gasteiger partial charge is 0.325 e. The minimum atomic E-state index is -1.05. The van der Waals surface area contributed by atoms with Crippen LogP contribution in [-0.2, 0) is 17.9 Å². The maximum atomic E-state index is 13.6. The molecule has 0 unspecified atom stereocenters. The summed E-state index contributed by atoms with van der Waals surface area (Å²) in [5.41, 5.74) is 1.15. The highest BCUT2D eigenvalue weighted by molar-refractivity contribution is 6.03. The van der Waals surface area contributed by atoms with E-state index in [1.165, 1.54) is 29.3 Å². The van der Waals surface area contributed by atoms with E-state index in [0.29, 0.717) is 11.3 Å². The first-order chi connectivity index (χ1) is 12.0. The van der Waals surface area contributed by atoms with E-state index in [4.69, 9.17) is 5.11 Å². The van der Waals surface area contributed by atoms with Crippen LogP contribution < -0.4 is 5.32 Å². The van der Waals surface area contributed by atoms with Gasteiger partial charge in [0.25, 0.3) is 5.91 Å². The fourth-order valence-electron chi connectivity index (χ4n) is 2.22. The van der Waals surface area contributed by atoms with Crippen LogP contribution in [0.1, 0.15) is 15.9 Å². The van der Waals surface area contributed by atoms with Crippen molar-refractivity contribution in [3.63, 3.8) is 0 Å². The van der Waals surface area contributed by atoms with Gasteiger partial charge < -0.3 is 10.4 Å². The van der Waals surface area contributed by atoms with Crippen LogP contribution in [0.5, 0.6) is 0 Å². The number of anilines is 1. The SMILES string of the molecule is O=C(O)Cn1cc(C(=O)Nc2cnn(Cc3ccccc3F)c2)cn1. The summed E-state index contributed by atoms with van der Waals surface area (Å²) in [6, 6.07) is 6.37. The summed E-state index contributed by atoms with van der Waals surface area (Å²) in [5.74, 6) is -1.82. The normalized spacial score (nSPS) is 10.6. The second-order valence-electron chi connectivity index (χ2n) is 5.29. The molecule has 2 aromatic heterocycles. The van der Waals surface area contributed by atoms with E-state index in [-0.39, 0.29) is 24.5 Å². The average molecular weight is 343 g/mol. The number of halogens is 1. The van der Waals surface area contributed by atoms with Crippen molar-refractivity contribution in [1.82, 2.24) is 19.6 Å². The number of aliphatic carboxylic acids is 1. The number of hydrogen-bond acceptors (Lipinski definition) is 4. The molecule has 25 heavy (non-hydrogen) atoms. The van der Waals surface area contributed by atoms with Crippen LogP contribution in [0.15, 0.2) is 49.1 Å². The number of amides is 1. The molecule has 8 nitrogen and oxygen atoms in total. The van der Waals surface area contributed by atoms with Crippen LogP contribution in [0.4, 0.5) is 10.1 Å². The minimum absolute atomic E-state index is 0.225. The summed E-state index contributed by atoms with van der Waals surface area (Å²) in [6.07, 6.45) is 5.64. The molecule has 3 aromatic rings. The van der Waals surface area contributed by atoms with E-state index in [1.807, 2.05) is 0 Å². The molecule has 9 heteroatoms. The zero-order chi connectivity index (χ0) is 17.8. The van der Waals surface area contributed by atoms with Crippen LogP contribution in [0.3, 0.4) is 0 Å². The number of hydrogen-bond donors (Lipinski definition) is 2. The number of carboxylic acids is 1. The van der Waals surface area contributed by atoms with Gasteiger partial charge in [-0.3, -0.25) is 19.0 Å². The third kappa shape index (κ3) is 4.08. The summed E-state index contributed by atoms with van der Waals surface area (Å²) in [6.45, 7) is -0.0903. The van der Waals surface area contributed by atoms with Crippen LogP contribution >= 0.6 is 0 Å². The lowest BCUT2D eigenvalue weighted by Gasteiger charge is -2.03. The Morgan fingerprint density at radius 1 is 1.12 bits per heavy atom. The molecule has 1 amide bonds. The molecule has 0 aliphatic heterocycles. The molecule has 2 N–H and O–H groups in total. The zero-order valence-corrected chi connectivity index (χ0v) is 13.0. The molecule has 0 fully saturated rings. The first-order valence-electron chi connectivity index (χ1n) is 7.33. The molecule has 0 atom stereocenters. The van der Waals surface area contributed by atoms with Crippen LogP contribution in [0, 0.1) is 5.82 Å². The van der Waals surface area contributed by atoms with E-state index >= 15 is 0 Å². The average Bonchev–Trinajstić information content (AvgIpc) is 3.19. The molecule has 0 saturated carbocycles. The van der Waals surface area contributed by atoms with Gasteiger partial charge in [-0.25, -0.2) is 4.39 Å². The fourth-order valence-corrected chi connectivity index (χ4v) is 2.22. The predicted molar refractivity (Wildman–Crippen MR) is 85.5 cm³/mol. The molecule has 0 bridgehead atoms. The third-order valence-electron chi connectivity index (χ3n) is 3.37. The van der Waals surface area contributed by atoms with Gasteiger partial charge in [0, 0.05) is 18.0 Å². The number of benzene rings is 1. The first-order valence-corrected chi connectivity index (χ1v) is 7.33. The number of rotatable bonds is 6. The Bertz CT molecular complexity index is 918. The molecular weight excluding hydrogens is 329 g/mol. The molecule has 2 heterocycles. The quantitative estimate of drug-likeness (QED) is 0.708. The zero-order valence-electron chi connectivity index (χ0n) is 13.0. The van der Waals surface area contributed by atoms with E-state index < -0.39 is 11.9 Å². The maximum Gasteiger partial charge on any atom is 0.325 e. The van der Waals surface area contributed by atoms with Crippen molar-refractivity contribution in [3.8, 4) is 0 Å². The van der Waals surface area contributed by atoms with Gasteiger partial charge in [0.15, 0.2) is 0 Å². The summed E-state index contributed by atoms with van der Waals surface area (Å²) < 4.78 is 16.3. The lowest BCUT2D eigenvalue weighted by Crippen LogP contribution is -2.11. The van der Waals surface area contributed by atoms with Crippen molar-refractivity contribution >= 4 is 17.6 Å². The highest BCUT2D eigenvalue weighted by atomic mass is 19.1. The Balaban J connectivity index is 1.65. The van der Waals surface area contributed by atoms with Crippen LogP contribution in [-0.4, -0.2) is 36.5 Å². The van der Waals surface area contributed by atoms with Crippen molar-refractivity contribution in [3.05, 3.63) is 66.0 Å². The van der Waals surface area contributed by atoms with Crippen LogP contribution in [0.25, 0.3) is 0 Å². The Labute approximate surface area is 141 Å². The van der Waals surface area contributed by atoms with Crippen molar-refractivity contribution in [2.45, 2.75) is 13.1 Å². The molecular formula is C16H14FN5O3. The summed E-state index contributed by atoms with van der Waals surface area (Å²) in [5, 5.41) is 19.2. The molecule has 0 spiro atoms. The van der Waals surface area contributed by atoms with Crippen molar-refractivity contribution in [2.75, 3.05) is 5.32 Å². The molecule has 3 rings (SSSR count). The van der Waals surface area contributed by atoms with E-state index in [9.17, 15) is 14.0 Å². The van der Waals surface area contributed by atoms with Gasteiger partial charge in [-0.15, -0.1) is 0 Å². The van der Waals surface area contributed by atoms with E-state index in [0.717, 1.165) is 4.68 Å².